The van der Waals surface area contributed by atoms with Gasteiger partial charge in [0.15, 0.2) is 0 Å². The summed E-state index contributed by atoms with van der Waals surface area (Å²) in [6.07, 6.45) is 3.95. The van der Waals surface area contributed by atoms with Crippen molar-refractivity contribution in [3.8, 4) is 0 Å². The molecular weight excluding hydrogens is 170 g/mol. The molecule has 1 amide bonds. The van der Waals surface area contributed by atoms with Gasteiger partial charge in [0.25, 0.3) is 5.91 Å². The summed E-state index contributed by atoms with van der Waals surface area (Å²) in [7, 11) is 0. The summed E-state index contributed by atoms with van der Waals surface area (Å²) in [5.74, 6) is -0.120. The first-order valence-corrected chi connectivity index (χ1v) is 4.00. The third-order valence-corrected chi connectivity index (χ3v) is 1.96. The van der Waals surface area contributed by atoms with Gasteiger partial charge in [-0.2, -0.15) is 0 Å². The quantitative estimate of drug-likeness (QED) is 0.618. The van der Waals surface area contributed by atoms with E-state index in [2.05, 4.69) is 9.97 Å². The molecule has 5 nitrogen and oxygen atoms in total. The SMILES string of the molecule is O=C(c1cncnc1)N1CC(O)C1. The van der Waals surface area contributed by atoms with E-state index >= 15 is 0 Å². The van der Waals surface area contributed by atoms with Crippen LogP contribution in [0.5, 0.6) is 0 Å². The van der Waals surface area contributed by atoms with Crippen molar-refractivity contribution in [2.45, 2.75) is 6.10 Å². The number of aliphatic hydroxyl groups is 1. The summed E-state index contributed by atoms with van der Waals surface area (Å²) in [5, 5.41) is 8.99. The average Bonchev–Trinajstić information content (AvgIpc) is 2.13. The van der Waals surface area contributed by atoms with Gasteiger partial charge < -0.3 is 10.0 Å². The Labute approximate surface area is 75.0 Å². The number of hydrogen-bond donors (Lipinski definition) is 1. The third kappa shape index (κ3) is 1.50. The highest BCUT2D eigenvalue weighted by atomic mass is 16.3. The van der Waals surface area contributed by atoms with Crippen LogP contribution in [0.25, 0.3) is 0 Å². The number of rotatable bonds is 1. The van der Waals surface area contributed by atoms with E-state index in [1.54, 1.807) is 4.90 Å². The zero-order valence-electron chi connectivity index (χ0n) is 6.92. The topological polar surface area (TPSA) is 66.3 Å². The zero-order chi connectivity index (χ0) is 9.26. The normalized spacial score (nSPS) is 16.8. The minimum atomic E-state index is -0.367. The van der Waals surface area contributed by atoms with Crippen molar-refractivity contribution < 1.29 is 9.90 Å². The van der Waals surface area contributed by atoms with E-state index in [-0.39, 0.29) is 12.0 Å². The Hall–Kier alpha value is -1.49. The number of amides is 1. The summed E-state index contributed by atoms with van der Waals surface area (Å²) >= 11 is 0. The minimum Gasteiger partial charge on any atom is -0.389 e. The van der Waals surface area contributed by atoms with Crippen LogP contribution in [-0.4, -0.2) is 45.1 Å². The van der Waals surface area contributed by atoms with Gasteiger partial charge in [-0.25, -0.2) is 9.97 Å². The van der Waals surface area contributed by atoms with Crippen LogP contribution >= 0.6 is 0 Å². The summed E-state index contributed by atoms with van der Waals surface area (Å²) in [6, 6.07) is 0. The molecule has 0 atom stereocenters. The van der Waals surface area contributed by atoms with Crippen LogP contribution < -0.4 is 0 Å². The average molecular weight is 179 g/mol. The molecule has 0 bridgehead atoms. The van der Waals surface area contributed by atoms with Crippen molar-refractivity contribution in [3.05, 3.63) is 24.3 Å². The predicted molar refractivity (Wildman–Crippen MR) is 43.9 cm³/mol. The van der Waals surface area contributed by atoms with Gasteiger partial charge in [-0.15, -0.1) is 0 Å². The van der Waals surface area contributed by atoms with Gasteiger partial charge in [0.2, 0.25) is 0 Å². The van der Waals surface area contributed by atoms with Crippen LogP contribution in [0.4, 0.5) is 0 Å². The monoisotopic (exact) mass is 179 g/mol. The molecule has 1 saturated heterocycles. The number of β-amino-alcohol motifs (C(OH)–C–C–N with tert-alkyl or cyclic N) is 1. The van der Waals surface area contributed by atoms with Crippen molar-refractivity contribution in [2.24, 2.45) is 0 Å². The highest BCUT2D eigenvalue weighted by Gasteiger charge is 2.29. The Bertz CT molecular complexity index is 308. The van der Waals surface area contributed by atoms with E-state index in [0.717, 1.165) is 0 Å². The van der Waals surface area contributed by atoms with E-state index in [1.807, 2.05) is 0 Å². The maximum absolute atomic E-state index is 11.5. The number of aliphatic hydroxyl groups excluding tert-OH is 1. The molecule has 2 heterocycles. The Balaban J connectivity index is 2.06. The van der Waals surface area contributed by atoms with Gasteiger partial charge in [0.1, 0.15) is 6.33 Å². The maximum atomic E-state index is 11.5. The zero-order valence-corrected chi connectivity index (χ0v) is 6.92. The standard InChI is InChI=1S/C8H9N3O2/c12-7-3-11(4-7)8(13)6-1-9-5-10-2-6/h1-2,5,7,12H,3-4H2. The first kappa shape index (κ1) is 8.12. The second kappa shape index (κ2) is 3.10. The number of likely N-dealkylation sites (tertiary alicyclic amines) is 1. The molecule has 0 aromatic carbocycles. The molecule has 1 N–H and O–H groups in total. The summed E-state index contributed by atoms with van der Waals surface area (Å²) < 4.78 is 0. The first-order valence-electron chi connectivity index (χ1n) is 4.00. The van der Waals surface area contributed by atoms with Gasteiger partial charge in [0.05, 0.1) is 11.7 Å². The highest BCUT2D eigenvalue weighted by molar-refractivity contribution is 5.94. The fourth-order valence-electron chi connectivity index (χ4n) is 1.21. The van der Waals surface area contributed by atoms with Crippen molar-refractivity contribution in [3.63, 3.8) is 0 Å². The Kier molecular flexibility index (Phi) is 1.94. The molecule has 1 fully saturated rings. The van der Waals surface area contributed by atoms with Crippen molar-refractivity contribution in [2.75, 3.05) is 13.1 Å². The van der Waals surface area contributed by atoms with Gasteiger partial charge in [-0.1, -0.05) is 0 Å². The molecule has 1 aromatic heterocycles. The highest BCUT2D eigenvalue weighted by Crippen LogP contribution is 2.11. The Morgan fingerprint density at radius 1 is 1.46 bits per heavy atom. The Morgan fingerprint density at radius 3 is 2.62 bits per heavy atom. The molecular formula is C8H9N3O2. The summed E-state index contributed by atoms with van der Waals surface area (Å²) in [4.78, 5) is 20.6. The molecule has 1 aliphatic heterocycles. The minimum absolute atomic E-state index is 0.120. The molecule has 1 aliphatic rings. The molecule has 5 heteroatoms. The van der Waals surface area contributed by atoms with E-state index < -0.39 is 0 Å². The number of carbonyl (C=O) groups is 1. The van der Waals surface area contributed by atoms with Crippen molar-refractivity contribution in [1.82, 2.24) is 14.9 Å². The van der Waals surface area contributed by atoms with Crippen LogP contribution in [0.15, 0.2) is 18.7 Å². The van der Waals surface area contributed by atoms with Crippen LogP contribution in [0, 0.1) is 0 Å². The molecule has 0 unspecified atom stereocenters. The van der Waals surface area contributed by atoms with Crippen LogP contribution in [0.2, 0.25) is 0 Å². The first-order chi connectivity index (χ1) is 6.27. The maximum Gasteiger partial charge on any atom is 0.257 e. The number of aromatic nitrogens is 2. The van der Waals surface area contributed by atoms with E-state index in [4.69, 9.17) is 5.11 Å². The second-order valence-electron chi connectivity index (χ2n) is 2.99. The van der Waals surface area contributed by atoms with Gasteiger partial charge >= 0.3 is 0 Å². The molecule has 0 saturated carbocycles. The van der Waals surface area contributed by atoms with Gasteiger partial charge in [0, 0.05) is 25.5 Å². The van der Waals surface area contributed by atoms with Crippen molar-refractivity contribution in [1.29, 1.82) is 0 Å². The number of carbonyl (C=O) groups excluding carboxylic acids is 1. The molecule has 0 spiro atoms. The number of hydrogen-bond acceptors (Lipinski definition) is 4. The molecule has 2 rings (SSSR count). The molecule has 0 aliphatic carbocycles. The second-order valence-corrected chi connectivity index (χ2v) is 2.99. The fraction of sp³-hybridized carbons (Fsp3) is 0.375. The molecule has 0 radical (unpaired) electrons. The third-order valence-electron chi connectivity index (χ3n) is 1.96. The van der Waals surface area contributed by atoms with Crippen LogP contribution in [0.3, 0.4) is 0 Å². The molecule has 13 heavy (non-hydrogen) atoms. The summed E-state index contributed by atoms with van der Waals surface area (Å²) in [5.41, 5.74) is 0.467. The van der Waals surface area contributed by atoms with E-state index in [9.17, 15) is 4.79 Å². The van der Waals surface area contributed by atoms with E-state index in [0.29, 0.717) is 18.7 Å². The lowest BCUT2D eigenvalue weighted by molar-refractivity contribution is 0.00583. The van der Waals surface area contributed by atoms with Gasteiger partial charge in [-0.05, 0) is 0 Å². The lowest BCUT2D eigenvalue weighted by Crippen LogP contribution is -2.53. The lowest BCUT2D eigenvalue weighted by Gasteiger charge is -2.35. The largest absolute Gasteiger partial charge is 0.389 e. The predicted octanol–water partition coefficient (Wildman–Crippen LogP) is -0.707. The fourth-order valence-corrected chi connectivity index (χ4v) is 1.21. The summed E-state index contributed by atoms with van der Waals surface area (Å²) in [6.45, 7) is 0.821. The van der Waals surface area contributed by atoms with Crippen LogP contribution in [0.1, 0.15) is 10.4 Å². The molecule has 68 valence electrons. The lowest BCUT2D eigenvalue weighted by atomic mass is 10.1. The van der Waals surface area contributed by atoms with E-state index in [1.165, 1.54) is 18.7 Å². The van der Waals surface area contributed by atoms with Crippen molar-refractivity contribution >= 4 is 5.91 Å². The van der Waals surface area contributed by atoms with Crippen LogP contribution in [-0.2, 0) is 0 Å². The number of nitrogens with zero attached hydrogens (tertiary/aromatic N) is 3. The van der Waals surface area contributed by atoms with Gasteiger partial charge in [-0.3, -0.25) is 4.79 Å². The smallest absolute Gasteiger partial charge is 0.257 e. The Morgan fingerprint density at radius 2 is 2.08 bits per heavy atom. The molecule has 1 aromatic rings.